The predicted molar refractivity (Wildman–Crippen MR) is 116 cm³/mol. The van der Waals surface area contributed by atoms with Crippen molar-refractivity contribution in [1.82, 2.24) is 19.9 Å². The van der Waals surface area contributed by atoms with E-state index in [1.807, 2.05) is 45.2 Å². The van der Waals surface area contributed by atoms with E-state index in [9.17, 15) is 14.4 Å². The molecule has 0 spiro atoms. The fourth-order valence-electron chi connectivity index (χ4n) is 3.15. The van der Waals surface area contributed by atoms with E-state index >= 15 is 0 Å². The van der Waals surface area contributed by atoms with Gasteiger partial charge in [-0.3, -0.25) is 19.1 Å². The Balaban J connectivity index is 2.08. The van der Waals surface area contributed by atoms with Crippen molar-refractivity contribution in [2.24, 2.45) is 5.92 Å². The Morgan fingerprint density at radius 1 is 1.28 bits per heavy atom. The average molecular weight is 415 g/mol. The summed E-state index contributed by atoms with van der Waals surface area (Å²) in [5.41, 5.74) is 0.0963. The van der Waals surface area contributed by atoms with Crippen LogP contribution in [-0.4, -0.2) is 27.0 Å². The van der Waals surface area contributed by atoms with E-state index in [1.54, 1.807) is 17.4 Å². The van der Waals surface area contributed by atoms with Crippen molar-refractivity contribution >= 4 is 28.3 Å². The predicted octanol–water partition coefficient (Wildman–Crippen LogP) is 2.90. The van der Waals surface area contributed by atoms with Gasteiger partial charge in [0.1, 0.15) is 0 Å². The smallest absolute Gasteiger partial charge is 0.330 e. The van der Waals surface area contributed by atoms with Crippen LogP contribution in [0.2, 0.25) is 0 Å². The molecule has 3 aromatic heterocycles. The molecule has 0 saturated carbocycles. The maximum atomic E-state index is 13.0. The summed E-state index contributed by atoms with van der Waals surface area (Å²) in [4.78, 5) is 46.1. The number of aromatic amines is 1. The Labute approximate surface area is 172 Å². The van der Waals surface area contributed by atoms with Gasteiger partial charge in [-0.1, -0.05) is 33.8 Å². The van der Waals surface area contributed by atoms with Gasteiger partial charge in [0.2, 0.25) is 0 Å². The highest BCUT2D eigenvalue weighted by molar-refractivity contribution is 7.09. The molecule has 0 bridgehead atoms. The summed E-state index contributed by atoms with van der Waals surface area (Å²) in [5, 5.41) is 5.05. The summed E-state index contributed by atoms with van der Waals surface area (Å²) in [6, 6.07) is 5.65. The molecule has 0 aromatic carbocycles. The van der Waals surface area contributed by atoms with Gasteiger partial charge in [-0.2, -0.15) is 0 Å². The van der Waals surface area contributed by atoms with Crippen LogP contribution in [0.25, 0.3) is 11.0 Å². The number of amides is 1. The molecule has 1 amide bonds. The average Bonchev–Trinajstić information content (AvgIpc) is 3.17. The number of hydrogen-bond donors (Lipinski definition) is 2. The normalized spacial score (nSPS) is 11.5. The number of fused-ring (bicyclic) bond motifs is 1. The second-order valence-corrected chi connectivity index (χ2v) is 8.83. The minimum absolute atomic E-state index is 0.0407. The SMILES string of the molecule is CC(C)Cn1c(=O)[nH]c(=O)c2c(C(=O)NCCc3cccs3)cc(C(C)C)nc21. The van der Waals surface area contributed by atoms with Gasteiger partial charge in [0, 0.05) is 23.7 Å². The highest BCUT2D eigenvalue weighted by Gasteiger charge is 2.20. The summed E-state index contributed by atoms with van der Waals surface area (Å²) >= 11 is 1.64. The number of pyridine rings is 1. The third-order valence-corrected chi connectivity index (χ3v) is 5.53. The van der Waals surface area contributed by atoms with E-state index < -0.39 is 11.2 Å². The molecular weight excluding hydrogens is 388 g/mol. The van der Waals surface area contributed by atoms with Crippen molar-refractivity contribution in [3.63, 3.8) is 0 Å². The molecule has 0 aliphatic heterocycles. The largest absolute Gasteiger partial charge is 0.352 e. The third-order valence-electron chi connectivity index (χ3n) is 4.59. The molecule has 0 fully saturated rings. The molecule has 154 valence electrons. The van der Waals surface area contributed by atoms with Crippen LogP contribution >= 0.6 is 11.3 Å². The second kappa shape index (κ2) is 8.73. The molecule has 0 unspecified atom stereocenters. The van der Waals surface area contributed by atoms with Gasteiger partial charge in [0.25, 0.3) is 11.5 Å². The van der Waals surface area contributed by atoms with Gasteiger partial charge < -0.3 is 5.32 Å². The Morgan fingerprint density at radius 2 is 2.03 bits per heavy atom. The van der Waals surface area contributed by atoms with E-state index in [1.165, 1.54) is 9.44 Å². The lowest BCUT2D eigenvalue weighted by Crippen LogP contribution is -2.34. The lowest BCUT2D eigenvalue weighted by atomic mass is 10.0. The van der Waals surface area contributed by atoms with Crippen LogP contribution < -0.4 is 16.6 Å². The molecule has 0 atom stereocenters. The van der Waals surface area contributed by atoms with E-state index in [0.29, 0.717) is 18.8 Å². The lowest BCUT2D eigenvalue weighted by molar-refractivity contribution is 0.0955. The molecule has 3 rings (SSSR count). The summed E-state index contributed by atoms with van der Waals surface area (Å²) in [6.45, 7) is 8.75. The Morgan fingerprint density at radius 3 is 2.66 bits per heavy atom. The third kappa shape index (κ3) is 4.64. The quantitative estimate of drug-likeness (QED) is 0.621. The standard InChI is InChI=1S/C21H26N4O3S/c1-12(2)11-25-18-17(20(27)24-21(25)28)15(10-16(23-18)13(3)4)19(26)22-8-7-14-6-5-9-29-14/h5-6,9-10,12-13H,7-8,11H2,1-4H3,(H,22,26)(H,24,27,28). The van der Waals surface area contributed by atoms with Crippen molar-refractivity contribution in [1.29, 1.82) is 0 Å². The zero-order valence-electron chi connectivity index (χ0n) is 17.1. The number of aromatic nitrogens is 3. The van der Waals surface area contributed by atoms with Gasteiger partial charge in [-0.05, 0) is 35.8 Å². The first-order valence-corrected chi connectivity index (χ1v) is 10.6. The lowest BCUT2D eigenvalue weighted by Gasteiger charge is -2.16. The van der Waals surface area contributed by atoms with E-state index in [0.717, 1.165) is 6.42 Å². The molecule has 3 heterocycles. The zero-order valence-corrected chi connectivity index (χ0v) is 17.9. The Bertz CT molecular complexity index is 1130. The van der Waals surface area contributed by atoms with Crippen LogP contribution in [0.15, 0.2) is 33.2 Å². The molecule has 0 aliphatic rings. The second-order valence-electron chi connectivity index (χ2n) is 7.80. The molecule has 3 aromatic rings. The van der Waals surface area contributed by atoms with Gasteiger partial charge in [0.15, 0.2) is 5.65 Å². The van der Waals surface area contributed by atoms with Crippen LogP contribution in [-0.2, 0) is 13.0 Å². The first-order chi connectivity index (χ1) is 13.8. The number of carbonyl (C=O) groups is 1. The topological polar surface area (TPSA) is 96.9 Å². The number of nitrogens with one attached hydrogen (secondary N) is 2. The highest BCUT2D eigenvalue weighted by atomic mass is 32.1. The van der Waals surface area contributed by atoms with Gasteiger partial charge in [-0.15, -0.1) is 11.3 Å². The van der Waals surface area contributed by atoms with E-state index in [4.69, 9.17) is 0 Å². The number of hydrogen-bond acceptors (Lipinski definition) is 5. The van der Waals surface area contributed by atoms with Crippen molar-refractivity contribution in [3.8, 4) is 0 Å². The van der Waals surface area contributed by atoms with Crippen molar-refractivity contribution < 1.29 is 4.79 Å². The summed E-state index contributed by atoms with van der Waals surface area (Å²) in [7, 11) is 0. The maximum absolute atomic E-state index is 13.0. The molecule has 7 nitrogen and oxygen atoms in total. The summed E-state index contributed by atoms with van der Waals surface area (Å²) < 4.78 is 1.45. The minimum atomic E-state index is -0.587. The molecule has 0 aliphatic carbocycles. The molecule has 0 radical (unpaired) electrons. The maximum Gasteiger partial charge on any atom is 0.330 e. The van der Waals surface area contributed by atoms with Gasteiger partial charge in [-0.25, -0.2) is 9.78 Å². The van der Waals surface area contributed by atoms with Crippen molar-refractivity contribution in [3.05, 3.63) is 60.6 Å². The highest BCUT2D eigenvalue weighted by Crippen LogP contribution is 2.20. The zero-order chi connectivity index (χ0) is 21.1. The number of carbonyl (C=O) groups excluding carboxylic acids is 1. The number of thiophene rings is 1. The molecular formula is C21H26N4O3S. The van der Waals surface area contributed by atoms with Crippen LogP contribution in [0.4, 0.5) is 0 Å². The fourth-order valence-corrected chi connectivity index (χ4v) is 3.86. The minimum Gasteiger partial charge on any atom is -0.352 e. The van der Waals surface area contributed by atoms with Gasteiger partial charge >= 0.3 is 5.69 Å². The van der Waals surface area contributed by atoms with Gasteiger partial charge in [0.05, 0.1) is 10.9 Å². The monoisotopic (exact) mass is 414 g/mol. The van der Waals surface area contributed by atoms with Crippen LogP contribution in [0.5, 0.6) is 0 Å². The molecule has 2 N–H and O–H groups in total. The number of rotatable bonds is 7. The molecule has 8 heteroatoms. The summed E-state index contributed by atoms with van der Waals surface area (Å²) in [5.74, 6) is -0.121. The van der Waals surface area contributed by atoms with Crippen LogP contribution in [0, 0.1) is 5.92 Å². The molecule has 29 heavy (non-hydrogen) atoms. The Kier molecular flexibility index (Phi) is 6.32. The van der Waals surface area contributed by atoms with E-state index in [-0.39, 0.29) is 34.3 Å². The van der Waals surface area contributed by atoms with Crippen LogP contribution in [0.1, 0.15) is 54.5 Å². The summed E-state index contributed by atoms with van der Waals surface area (Å²) in [6.07, 6.45) is 0.720. The first kappa shape index (κ1) is 21.0. The number of nitrogens with zero attached hydrogens (tertiary/aromatic N) is 2. The first-order valence-electron chi connectivity index (χ1n) is 9.76. The number of H-pyrrole nitrogens is 1. The Hall–Kier alpha value is -2.74. The molecule has 0 saturated heterocycles. The van der Waals surface area contributed by atoms with E-state index in [2.05, 4.69) is 15.3 Å². The fraction of sp³-hybridized carbons (Fsp3) is 0.429. The van der Waals surface area contributed by atoms with Crippen molar-refractivity contribution in [2.75, 3.05) is 6.54 Å². The van der Waals surface area contributed by atoms with Crippen molar-refractivity contribution in [2.45, 2.75) is 46.6 Å². The van der Waals surface area contributed by atoms with Crippen LogP contribution in [0.3, 0.4) is 0 Å².